The van der Waals surface area contributed by atoms with Gasteiger partial charge in [0.1, 0.15) is 5.75 Å². The highest BCUT2D eigenvalue weighted by Gasteiger charge is 2.41. The molecule has 1 aliphatic carbocycles. The second-order valence-corrected chi connectivity index (χ2v) is 6.39. The molecule has 0 heterocycles. The Morgan fingerprint density at radius 2 is 1.80 bits per heavy atom. The van der Waals surface area contributed by atoms with E-state index in [4.69, 9.17) is 5.73 Å². The Kier molecular flexibility index (Phi) is 3.75. The zero-order valence-corrected chi connectivity index (χ0v) is 11.8. The van der Waals surface area contributed by atoms with Gasteiger partial charge in [-0.1, -0.05) is 38.5 Å². The third kappa shape index (κ3) is 3.45. The number of alkyl halides is 3. The van der Waals surface area contributed by atoms with Crippen molar-refractivity contribution in [3.8, 4) is 5.75 Å². The number of halogens is 3. The summed E-state index contributed by atoms with van der Waals surface area (Å²) in [5.41, 5.74) is 6.14. The zero-order valence-electron chi connectivity index (χ0n) is 11.8. The first-order valence-corrected chi connectivity index (χ1v) is 6.76. The summed E-state index contributed by atoms with van der Waals surface area (Å²) >= 11 is 0. The number of nitrogens with two attached hydrogens (primary N) is 1. The van der Waals surface area contributed by atoms with E-state index in [2.05, 4.69) is 18.6 Å². The van der Waals surface area contributed by atoms with Crippen molar-refractivity contribution in [3.63, 3.8) is 0 Å². The Labute approximate surface area is 117 Å². The van der Waals surface area contributed by atoms with Crippen LogP contribution in [0.1, 0.15) is 45.1 Å². The molecule has 20 heavy (non-hydrogen) atoms. The zero-order chi connectivity index (χ0) is 15.0. The van der Waals surface area contributed by atoms with E-state index in [0.717, 1.165) is 12.8 Å². The first-order valence-electron chi connectivity index (χ1n) is 6.76. The van der Waals surface area contributed by atoms with Crippen molar-refractivity contribution in [2.75, 3.05) is 0 Å². The van der Waals surface area contributed by atoms with Crippen LogP contribution in [0, 0.1) is 5.41 Å². The summed E-state index contributed by atoms with van der Waals surface area (Å²) in [6.07, 6.45) is -1.43. The molecule has 0 spiro atoms. The van der Waals surface area contributed by atoms with Crippen molar-refractivity contribution < 1.29 is 17.9 Å². The summed E-state index contributed by atoms with van der Waals surface area (Å²) in [6.45, 7) is 4.20. The van der Waals surface area contributed by atoms with Crippen LogP contribution in [0.5, 0.6) is 5.75 Å². The van der Waals surface area contributed by atoms with Crippen LogP contribution in [-0.4, -0.2) is 6.36 Å². The molecule has 2 rings (SSSR count). The van der Waals surface area contributed by atoms with E-state index in [9.17, 15) is 13.2 Å². The number of hydrogen-bond acceptors (Lipinski definition) is 2. The van der Waals surface area contributed by atoms with E-state index in [1.54, 1.807) is 12.1 Å². The molecule has 2 N–H and O–H groups in total. The first-order chi connectivity index (χ1) is 9.11. The van der Waals surface area contributed by atoms with Crippen LogP contribution in [0.4, 0.5) is 13.2 Å². The third-order valence-electron chi connectivity index (χ3n) is 3.92. The van der Waals surface area contributed by atoms with Gasteiger partial charge in [-0.25, -0.2) is 0 Å². The Balaban J connectivity index is 2.36. The topological polar surface area (TPSA) is 35.2 Å². The highest BCUT2D eigenvalue weighted by Crippen LogP contribution is 2.47. The molecule has 0 saturated heterocycles. The summed E-state index contributed by atoms with van der Waals surface area (Å²) in [4.78, 5) is 0. The molecule has 1 atom stereocenters. The number of hydrogen-bond donors (Lipinski definition) is 1. The monoisotopic (exact) mass is 287 g/mol. The van der Waals surface area contributed by atoms with Crippen molar-refractivity contribution in [3.05, 3.63) is 29.8 Å². The fourth-order valence-electron chi connectivity index (χ4n) is 3.23. The number of ether oxygens (including phenoxy) is 1. The third-order valence-corrected chi connectivity index (χ3v) is 3.92. The predicted molar refractivity (Wildman–Crippen MR) is 71.2 cm³/mol. The van der Waals surface area contributed by atoms with Crippen molar-refractivity contribution in [1.82, 2.24) is 0 Å². The predicted octanol–water partition coefficient (Wildman–Crippen LogP) is 4.34. The van der Waals surface area contributed by atoms with Crippen LogP contribution < -0.4 is 10.5 Å². The van der Waals surface area contributed by atoms with Gasteiger partial charge < -0.3 is 10.5 Å². The van der Waals surface area contributed by atoms with Crippen molar-refractivity contribution in [1.29, 1.82) is 0 Å². The molecule has 1 unspecified atom stereocenters. The maximum Gasteiger partial charge on any atom is 0.573 e. The summed E-state index contributed by atoms with van der Waals surface area (Å²) in [5, 5.41) is 0. The first kappa shape index (κ1) is 15.2. The minimum absolute atomic E-state index is 0.0261. The van der Waals surface area contributed by atoms with Gasteiger partial charge in [-0.2, -0.15) is 0 Å². The SMILES string of the molecule is CC1(C)CCCC(N)(c2ccccc2OC(F)(F)F)C1. The Bertz CT molecular complexity index is 484. The van der Waals surface area contributed by atoms with Gasteiger partial charge in [0.25, 0.3) is 0 Å². The van der Waals surface area contributed by atoms with Gasteiger partial charge in [-0.05, 0) is 30.7 Å². The average molecular weight is 287 g/mol. The summed E-state index contributed by atoms with van der Waals surface area (Å²) in [5.74, 6) is -0.180. The molecule has 0 bridgehead atoms. The van der Waals surface area contributed by atoms with E-state index in [1.807, 2.05) is 0 Å². The smallest absolute Gasteiger partial charge is 0.405 e. The molecule has 2 nitrogen and oxygen atoms in total. The minimum Gasteiger partial charge on any atom is -0.405 e. The van der Waals surface area contributed by atoms with Gasteiger partial charge in [-0.3, -0.25) is 0 Å². The Hall–Kier alpha value is -1.23. The number of benzene rings is 1. The number of rotatable bonds is 2. The standard InChI is InChI=1S/C15H20F3NO/c1-13(2)8-5-9-14(19,10-13)11-6-3-4-7-12(11)20-15(16,17)18/h3-4,6-7H,5,8-10,19H2,1-2H3. The van der Waals surface area contributed by atoms with Crippen molar-refractivity contribution in [2.45, 2.75) is 51.4 Å². The maximum atomic E-state index is 12.5. The molecule has 0 radical (unpaired) electrons. The normalized spacial score (nSPS) is 26.3. The van der Waals surface area contributed by atoms with Gasteiger partial charge in [0.05, 0.1) is 0 Å². The second-order valence-electron chi connectivity index (χ2n) is 6.39. The van der Waals surface area contributed by atoms with Crippen LogP contribution in [-0.2, 0) is 5.54 Å². The molecule has 1 fully saturated rings. The lowest BCUT2D eigenvalue weighted by molar-refractivity contribution is -0.275. The fourth-order valence-corrected chi connectivity index (χ4v) is 3.23. The lowest BCUT2D eigenvalue weighted by atomic mass is 9.66. The summed E-state index contributed by atoms with van der Waals surface area (Å²) in [7, 11) is 0. The molecular weight excluding hydrogens is 267 g/mol. The van der Waals surface area contributed by atoms with Gasteiger partial charge in [0, 0.05) is 11.1 Å². The van der Waals surface area contributed by atoms with Crippen LogP contribution >= 0.6 is 0 Å². The molecule has 5 heteroatoms. The van der Waals surface area contributed by atoms with Crippen molar-refractivity contribution >= 4 is 0 Å². The van der Waals surface area contributed by atoms with E-state index >= 15 is 0 Å². The molecule has 1 aromatic rings. The Morgan fingerprint density at radius 1 is 1.15 bits per heavy atom. The van der Waals surface area contributed by atoms with Gasteiger partial charge in [0.2, 0.25) is 0 Å². The van der Waals surface area contributed by atoms with Gasteiger partial charge >= 0.3 is 6.36 Å². The summed E-state index contributed by atoms with van der Waals surface area (Å²) < 4.78 is 41.6. The molecule has 1 saturated carbocycles. The number of para-hydroxylation sites is 1. The minimum atomic E-state index is -4.70. The highest BCUT2D eigenvalue weighted by atomic mass is 19.4. The van der Waals surface area contributed by atoms with Crippen molar-refractivity contribution in [2.24, 2.45) is 11.1 Å². The van der Waals surface area contributed by atoms with Gasteiger partial charge in [-0.15, -0.1) is 13.2 Å². The second kappa shape index (κ2) is 4.95. The largest absolute Gasteiger partial charge is 0.573 e. The molecule has 1 aliphatic rings. The fraction of sp³-hybridized carbons (Fsp3) is 0.600. The van der Waals surface area contributed by atoms with Crippen LogP contribution in [0.15, 0.2) is 24.3 Å². The lowest BCUT2D eigenvalue weighted by Gasteiger charge is -2.43. The quantitative estimate of drug-likeness (QED) is 0.878. The van der Waals surface area contributed by atoms with E-state index in [-0.39, 0.29) is 11.2 Å². The molecule has 0 aromatic heterocycles. The molecule has 0 aliphatic heterocycles. The van der Waals surface area contributed by atoms with E-state index in [0.29, 0.717) is 18.4 Å². The van der Waals surface area contributed by atoms with Crippen LogP contribution in [0.3, 0.4) is 0 Å². The molecule has 1 aromatic carbocycles. The Morgan fingerprint density at radius 3 is 2.40 bits per heavy atom. The lowest BCUT2D eigenvalue weighted by Crippen LogP contribution is -2.44. The molecule has 0 amide bonds. The van der Waals surface area contributed by atoms with Crippen LogP contribution in [0.25, 0.3) is 0 Å². The van der Waals surface area contributed by atoms with Crippen LogP contribution in [0.2, 0.25) is 0 Å². The molecular formula is C15H20F3NO. The highest BCUT2D eigenvalue weighted by molar-refractivity contribution is 5.39. The maximum absolute atomic E-state index is 12.5. The van der Waals surface area contributed by atoms with E-state index < -0.39 is 11.9 Å². The summed E-state index contributed by atoms with van der Waals surface area (Å²) in [6, 6.07) is 6.21. The van der Waals surface area contributed by atoms with E-state index in [1.165, 1.54) is 12.1 Å². The van der Waals surface area contributed by atoms with Gasteiger partial charge in [0.15, 0.2) is 0 Å². The average Bonchev–Trinajstić information content (AvgIpc) is 2.25. The molecule has 112 valence electrons.